The van der Waals surface area contributed by atoms with Crippen LogP contribution in [0.25, 0.3) is 0 Å². The molecule has 0 heterocycles. The van der Waals surface area contributed by atoms with Crippen LogP contribution in [0.1, 0.15) is 39.5 Å². The maximum atomic E-state index is 5.64. The quantitative estimate of drug-likeness (QED) is 0.349. The number of rotatable bonds is 9. The van der Waals surface area contributed by atoms with Crippen molar-refractivity contribution in [3.05, 3.63) is 0 Å². The van der Waals surface area contributed by atoms with Gasteiger partial charge in [-0.1, -0.05) is 13.8 Å². The van der Waals surface area contributed by atoms with Crippen molar-refractivity contribution >= 4 is 0 Å². The van der Waals surface area contributed by atoms with E-state index in [2.05, 4.69) is 19.3 Å². The van der Waals surface area contributed by atoms with E-state index in [1.54, 1.807) is 14.2 Å². The second-order valence-electron chi connectivity index (χ2n) is 3.83. The van der Waals surface area contributed by atoms with Crippen LogP contribution < -0.4 is 11.3 Å². The van der Waals surface area contributed by atoms with E-state index in [-0.39, 0.29) is 11.6 Å². The molecule has 0 amide bonds. The molecule has 0 fully saturated rings. The molecule has 1 atom stereocenters. The second-order valence-corrected chi connectivity index (χ2v) is 3.83. The maximum Gasteiger partial charge on any atom is 0.0839 e. The van der Waals surface area contributed by atoms with Crippen LogP contribution in [0, 0.1) is 0 Å². The zero-order valence-corrected chi connectivity index (χ0v) is 10.5. The molecule has 0 saturated carbocycles. The lowest BCUT2D eigenvalue weighted by molar-refractivity contribution is -0.0508. The van der Waals surface area contributed by atoms with E-state index in [4.69, 9.17) is 15.3 Å². The van der Waals surface area contributed by atoms with Gasteiger partial charge in [-0.15, -0.1) is 0 Å². The van der Waals surface area contributed by atoms with Crippen molar-refractivity contribution in [2.75, 3.05) is 20.8 Å². The summed E-state index contributed by atoms with van der Waals surface area (Å²) in [6, 6.07) is 0.188. The Morgan fingerprint density at radius 1 is 1.27 bits per heavy atom. The molecule has 3 N–H and O–H groups in total. The lowest BCUT2D eigenvalue weighted by Gasteiger charge is -2.38. The first-order chi connectivity index (χ1) is 7.20. The molecule has 0 rings (SSSR count). The van der Waals surface area contributed by atoms with Crippen LogP contribution in [-0.4, -0.2) is 32.5 Å². The monoisotopic (exact) mass is 218 g/mol. The Bertz CT molecular complexity index is 141. The van der Waals surface area contributed by atoms with Gasteiger partial charge in [-0.05, 0) is 25.7 Å². The highest BCUT2D eigenvalue weighted by Gasteiger charge is 2.34. The Morgan fingerprint density at radius 3 is 2.20 bits per heavy atom. The number of hydrogen-bond donors (Lipinski definition) is 2. The van der Waals surface area contributed by atoms with E-state index in [1.807, 2.05) is 0 Å². The van der Waals surface area contributed by atoms with Gasteiger partial charge in [0.2, 0.25) is 0 Å². The molecule has 0 aromatic carbocycles. The maximum absolute atomic E-state index is 5.64. The smallest absolute Gasteiger partial charge is 0.0839 e. The average molecular weight is 218 g/mol. The molecule has 0 aromatic heterocycles. The topological polar surface area (TPSA) is 56.5 Å². The van der Waals surface area contributed by atoms with Crippen molar-refractivity contribution in [1.29, 1.82) is 0 Å². The molecule has 0 aliphatic heterocycles. The van der Waals surface area contributed by atoms with Gasteiger partial charge in [-0.2, -0.15) is 0 Å². The summed E-state index contributed by atoms with van der Waals surface area (Å²) in [4.78, 5) is 0. The third-order valence-electron chi connectivity index (χ3n) is 3.28. The molecule has 4 heteroatoms. The van der Waals surface area contributed by atoms with Crippen LogP contribution in [-0.2, 0) is 9.47 Å². The molecule has 0 aromatic rings. The van der Waals surface area contributed by atoms with Gasteiger partial charge in [0.05, 0.1) is 11.6 Å². The molecular weight excluding hydrogens is 192 g/mol. The molecule has 1 unspecified atom stereocenters. The van der Waals surface area contributed by atoms with Gasteiger partial charge in [0.1, 0.15) is 0 Å². The zero-order valence-electron chi connectivity index (χ0n) is 10.5. The fraction of sp³-hybridized carbons (Fsp3) is 1.00. The van der Waals surface area contributed by atoms with Crippen molar-refractivity contribution in [2.24, 2.45) is 5.84 Å². The van der Waals surface area contributed by atoms with Gasteiger partial charge in [-0.25, -0.2) is 0 Å². The third kappa shape index (κ3) is 4.07. The van der Waals surface area contributed by atoms with Gasteiger partial charge in [0, 0.05) is 20.8 Å². The van der Waals surface area contributed by atoms with Gasteiger partial charge in [-0.3, -0.25) is 11.3 Å². The minimum absolute atomic E-state index is 0.150. The molecule has 0 aliphatic carbocycles. The Labute approximate surface area is 93.5 Å². The van der Waals surface area contributed by atoms with Crippen LogP contribution in [0.15, 0.2) is 0 Å². The molecule has 4 nitrogen and oxygen atoms in total. The van der Waals surface area contributed by atoms with E-state index in [9.17, 15) is 0 Å². The Kier molecular flexibility index (Phi) is 7.96. The number of nitrogens with two attached hydrogens (primary N) is 1. The lowest BCUT2D eigenvalue weighted by Crippen LogP contribution is -2.54. The summed E-state index contributed by atoms with van der Waals surface area (Å²) in [5.74, 6) is 5.60. The molecule has 15 heavy (non-hydrogen) atoms. The van der Waals surface area contributed by atoms with Crippen LogP contribution in [0.3, 0.4) is 0 Å². The minimum atomic E-state index is -0.150. The molecule has 0 aliphatic rings. The Balaban J connectivity index is 4.31. The van der Waals surface area contributed by atoms with Crippen molar-refractivity contribution in [3.8, 4) is 0 Å². The number of hydrazine groups is 1. The number of methoxy groups -OCH3 is 2. The molecular formula is C11H26N2O2. The Hall–Kier alpha value is -0.160. The standard InChI is InChI=1S/C11H26N2O2/c1-5-11(6-2,15-4)10(13-12)8-7-9-14-3/h10,13H,5-9,12H2,1-4H3. The summed E-state index contributed by atoms with van der Waals surface area (Å²) in [6.45, 7) is 5.03. The highest BCUT2D eigenvalue weighted by molar-refractivity contribution is 4.90. The van der Waals surface area contributed by atoms with Crippen molar-refractivity contribution in [3.63, 3.8) is 0 Å². The van der Waals surface area contributed by atoms with Crippen LogP contribution in [0.5, 0.6) is 0 Å². The van der Waals surface area contributed by atoms with Crippen LogP contribution >= 0.6 is 0 Å². The van der Waals surface area contributed by atoms with E-state index in [0.29, 0.717) is 0 Å². The largest absolute Gasteiger partial charge is 0.385 e. The van der Waals surface area contributed by atoms with Crippen LogP contribution in [0.4, 0.5) is 0 Å². The second kappa shape index (κ2) is 8.05. The SMILES string of the molecule is CCC(CC)(OC)C(CCCOC)NN. The zero-order chi connectivity index (χ0) is 11.7. The van der Waals surface area contributed by atoms with E-state index >= 15 is 0 Å². The van der Waals surface area contributed by atoms with E-state index in [1.165, 1.54) is 0 Å². The lowest BCUT2D eigenvalue weighted by atomic mass is 9.86. The first-order valence-corrected chi connectivity index (χ1v) is 5.70. The van der Waals surface area contributed by atoms with E-state index < -0.39 is 0 Å². The van der Waals surface area contributed by atoms with Gasteiger partial charge in [0.25, 0.3) is 0 Å². The third-order valence-corrected chi connectivity index (χ3v) is 3.28. The molecule has 0 radical (unpaired) electrons. The summed E-state index contributed by atoms with van der Waals surface area (Å²) in [5.41, 5.74) is 2.72. The summed E-state index contributed by atoms with van der Waals surface area (Å²) < 4.78 is 10.7. The predicted octanol–water partition coefficient (Wildman–Crippen LogP) is 1.45. The fourth-order valence-electron chi connectivity index (χ4n) is 2.10. The summed E-state index contributed by atoms with van der Waals surface area (Å²) >= 11 is 0. The highest BCUT2D eigenvalue weighted by atomic mass is 16.5. The molecule has 0 bridgehead atoms. The number of ether oxygens (including phenoxy) is 2. The number of nitrogens with one attached hydrogen (secondary N) is 1. The summed E-state index contributed by atoms with van der Waals surface area (Å²) in [6.07, 6.45) is 3.89. The summed E-state index contributed by atoms with van der Waals surface area (Å²) in [7, 11) is 3.47. The molecule has 92 valence electrons. The Morgan fingerprint density at radius 2 is 1.87 bits per heavy atom. The first-order valence-electron chi connectivity index (χ1n) is 5.70. The van der Waals surface area contributed by atoms with Crippen molar-refractivity contribution in [2.45, 2.75) is 51.2 Å². The highest BCUT2D eigenvalue weighted by Crippen LogP contribution is 2.26. The normalized spacial score (nSPS) is 14.2. The van der Waals surface area contributed by atoms with Crippen molar-refractivity contribution in [1.82, 2.24) is 5.43 Å². The molecule has 0 saturated heterocycles. The van der Waals surface area contributed by atoms with Crippen molar-refractivity contribution < 1.29 is 9.47 Å². The van der Waals surface area contributed by atoms with Gasteiger partial charge >= 0.3 is 0 Å². The average Bonchev–Trinajstić information content (AvgIpc) is 2.29. The first kappa shape index (κ1) is 14.8. The van der Waals surface area contributed by atoms with Gasteiger partial charge in [0.15, 0.2) is 0 Å². The van der Waals surface area contributed by atoms with Gasteiger partial charge < -0.3 is 9.47 Å². The number of hydrogen-bond acceptors (Lipinski definition) is 4. The van der Waals surface area contributed by atoms with E-state index in [0.717, 1.165) is 32.3 Å². The predicted molar refractivity (Wildman–Crippen MR) is 62.5 cm³/mol. The fourth-order valence-corrected chi connectivity index (χ4v) is 2.10. The van der Waals surface area contributed by atoms with Crippen LogP contribution in [0.2, 0.25) is 0 Å². The molecule has 0 spiro atoms. The minimum Gasteiger partial charge on any atom is -0.385 e. The summed E-state index contributed by atoms with van der Waals surface area (Å²) in [5, 5.41) is 0.